The third-order valence-corrected chi connectivity index (χ3v) is 4.98. The zero-order chi connectivity index (χ0) is 14.5. The van der Waals surface area contributed by atoms with Gasteiger partial charge in [0.1, 0.15) is 0 Å². The second-order valence-corrected chi connectivity index (χ2v) is 6.61. The summed E-state index contributed by atoms with van der Waals surface area (Å²) in [5.74, 6) is 0.969. The number of hydrogen-bond donors (Lipinski definition) is 2. The van der Waals surface area contributed by atoms with Crippen LogP contribution in [-0.4, -0.2) is 68.6 Å². The summed E-state index contributed by atoms with van der Waals surface area (Å²) >= 11 is 0. The van der Waals surface area contributed by atoms with Crippen molar-refractivity contribution in [3.63, 3.8) is 0 Å². The highest BCUT2D eigenvalue weighted by Crippen LogP contribution is 2.28. The molecule has 2 fully saturated rings. The molecule has 1 saturated heterocycles. The monoisotopic (exact) mass is 282 g/mol. The summed E-state index contributed by atoms with van der Waals surface area (Å²) in [6.45, 7) is 4.72. The first-order valence-electron chi connectivity index (χ1n) is 7.96. The van der Waals surface area contributed by atoms with Gasteiger partial charge in [-0.15, -0.1) is 0 Å². The number of hydrogen-bond acceptors (Lipinski definition) is 4. The van der Waals surface area contributed by atoms with Gasteiger partial charge in [-0.25, -0.2) is 0 Å². The largest absolute Gasteiger partial charge is 0.354 e. The lowest BCUT2D eigenvalue weighted by Crippen LogP contribution is -2.54. The van der Waals surface area contributed by atoms with E-state index in [1.54, 1.807) is 0 Å². The van der Waals surface area contributed by atoms with Crippen molar-refractivity contribution in [2.24, 2.45) is 17.6 Å². The number of carbonyl (C=O) groups is 1. The Labute approximate surface area is 122 Å². The van der Waals surface area contributed by atoms with Crippen LogP contribution in [0.1, 0.15) is 25.7 Å². The lowest BCUT2D eigenvalue weighted by atomic mass is 9.81. The van der Waals surface area contributed by atoms with Crippen LogP contribution in [0.5, 0.6) is 0 Å². The Bertz CT molecular complexity index is 323. The summed E-state index contributed by atoms with van der Waals surface area (Å²) in [6.07, 6.45) is 4.34. The Kier molecular flexibility index (Phi) is 5.81. The van der Waals surface area contributed by atoms with E-state index in [9.17, 15) is 4.79 Å². The summed E-state index contributed by atoms with van der Waals surface area (Å²) in [5.41, 5.74) is 5.75. The number of rotatable bonds is 4. The predicted octanol–water partition coefficient (Wildman–Crippen LogP) is 0.114. The van der Waals surface area contributed by atoms with Gasteiger partial charge in [-0.3, -0.25) is 9.69 Å². The van der Waals surface area contributed by atoms with Gasteiger partial charge in [0.05, 0.1) is 0 Å². The topological polar surface area (TPSA) is 61.6 Å². The Balaban J connectivity index is 1.76. The highest BCUT2D eigenvalue weighted by Gasteiger charge is 2.28. The van der Waals surface area contributed by atoms with E-state index in [1.165, 1.54) is 6.42 Å². The molecule has 0 bridgehead atoms. The van der Waals surface area contributed by atoms with Crippen molar-refractivity contribution in [3.8, 4) is 0 Å². The average Bonchev–Trinajstić information content (AvgIpc) is 2.48. The van der Waals surface area contributed by atoms with Gasteiger partial charge in [0.15, 0.2) is 0 Å². The first kappa shape index (κ1) is 15.7. The number of carbonyl (C=O) groups excluding carboxylic acids is 1. The fourth-order valence-electron chi connectivity index (χ4n) is 3.43. The van der Waals surface area contributed by atoms with Gasteiger partial charge < -0.3 is 16.0 Å². The molecule has 1 saturated carbocycles. The van der Waals surface area contributed by atoms with Crippen molar-refractivity contribution in [3.05, 3.63) is 0 Å². The SMILES string of the molecule is CN1CCN(C)C(CNC(=O)C2CCCC(CN)C2)C1. The molecule has 5 nitrogen and oxygen atoms in total. The van der Waals surface area contributed by atoms with Crippen LogP contribution in [0, 0.1) is 11.8 Å². The molecule has 3 atom stereocenters. The summed E-state index contributed by atoms with van der Waals surface area (Å²) in [6, 6.07) is 0.437. The second-order valence-electron chi connectivity index (χ2n) is 6.61. The Hall–Kier alpha value is -0.650. The van der Waals surface area contributed by atoms with Crippen LogP contribution in [0.4, 0.5) is 0 Å². The van der Waals surface area contributed by atoms with Crippen molar-refractivity contribution >= 4 is 5.91 Å². The van der Waals surface area contributed by atoms with Gasteiger partial charge in [0, 0.05) is 38.1 Å². The van der Waals surface area contributed by atoms with Crippen molar-refractivity contribution in [1.82, 2.24) is 15.1 Å². The average molecular weight is 282 g/mol. The first-order valence-corrected chi connectivity index (χ1v) is 7.96. The minimum atomic E-state index is 0.184. The third kappa shape index (κ3) is 4.17. The van der Waals surface area contributed by atoms with E-state index in [1.807, 2.05) is 0 Å². The minimum absolute atomic E-state index is 0.184. The molecule has 0 radical (unpaired) electrons. The molecule has 0 spiro atoms. The van der Waals surface area contributed by atoms with Gasteiger partial charge in [-0.1, -0.05) is 6.42 Å². The zero-order valence-corrected chi connectivity index (χ0v) is 13.0. The molecule has 2 aliphatic rings. The highest BCUT2D eigenvalue weighted by molar-refractivity contribution is 5.78. The lowest BCUT2D eigenvalue weighted by Gasteiger charge is -2.38. The molecule has 20 heavy (non-hydrogen) atoms. The van der Waals surface area contributed by atoms with E-state index in [4.69, 9.17) is 5.73 Å². The van der Waals surface area contributed by atoms with E-state index in [0.717, 1.165) is 52.0 Å². The van der Waals surface area contributed by atoms with E-state index in [-0.39, 0.29) is 11.8 Å². The van der Waals surface area contributed by atoms with Crippen LogP contribution in [0.25, 0.3) is 0 Å². The summed E-state index contributed by atoms with van der Waals surface area (Å²) in [5, 5.41) is 3.17. The molecule has 5 heteroatoms. The van der Waals surface area contributed by atoms with Gasteiger partial charge in [-0.05, 0) is 45.8 Å². The van der Waals surface area contributed by atoms with Crippen molar-refractivity contribution in [2.45, 2.75) is 31.7 Å². The third-order valence-electron chi connectivity index (χ3n) is 4.98. The molecule has 2 rings (SSSR count). The normalized spacial score (nSPS) is 33.0. The fraction of sp³-hybridized carbons (Fsp3) is 0.933. The van der Waals surface area contributed by atoms with Crippen molar-refractivity contribution in [1.29, 1.82) is 0 Å². The van der Waals surface area contributed by atoms with Crippen LogP contribution in [0.15, 0.2) is 0 Å². The maximum Gasteiger partial charge on any atom is 0.223 e. The number of nitrogens with one attached hydrogen (secondary N) is 1. The molecule has 3 N–H and O–H groups in total. The van der Waals surface area contributed by atoms with Gasteiger partial charge in [0.2, 0.25) is 5.91 Å². The minimum Gasteiger partial charge on any atom is -0.354 e. The highest BCUT2D eigenvalue weighted by atomic mass is 16.1. The number of nitrogens with zero attached hydrogens (tertiary/aromatic N) is 2. The molecular weight excluding hydrogens is 252 g/mol. The quantitative estimate of drug-likeness (QED) is 0.768. The molecule has 1 amide bonds. The first-order chi connectivity index (χ1) is 9.60. The molecule has 3 unspecified atom stereocenters. The zero-order valence-electron chi connectivity index (χ0n) is 13.0. The van der Waals surface area contributed by atoms with E-state index >= 15 is 0 Å². The maximum absolute atomic E-state index is 12.3. The molecule has 0 aromatic carbocycles. The molecule has 1 aliphatic carbocycles. The lowest BCUT2D eigenvalue weighted by molar-refractivity contribution is -0.126. The molecule has 1 aliphatic heterocycles. The predicted molar refractivity (Wildman–Crippen MR) is 81.4 cm³/mol. The number of piperazine rings is 1. The number of nitrogens with two attached hydrogens (primary N) is 1. The van der Waals surface area contributed by atoms with Crippen LogP contribution in [0.3, 0.4) is 0 Å². The maximum atomic E-state index is 12.3. The Morgan fingerprint density at radius 3 is 2.85 bits per heavy atom. The molecule has 0 aromatic rings. The molecule has 116 valence electrons. The number of likely N-dealkylation sites (N-methyl/N-ethyl adjacent to an activating group) is 2. The van der Waals surface area contributed by atoms with E-state index in [2.05, 4.69) is 29.2 Å². The van der Waals surface area contributed by atoms with Crippen LogP contribution in [0.2, 0.25) is 0 Å². The second kappa shape index (κ2) is 7.38. The van der Waals surface area contributed by atoms with Crippen LogP contribution >= 0.6 is 0 Å². The Morgan fingerprint density at radius 1 is 1.30 bits per heavy atom. The standard InChI is InChI=1S/C15H30N4O/c1-18-6-7-19(2)14(11-18)10-17-15(20)13-5-3-4-12(8-13)9-16/h12-14H,3-11,16H2,1-2H3,(H,17,20). The summed E-state index contributed by atoms with van der Waals surface area (Å²) in [4.78, 5) is 17.0. The van der Waals surface area contributed by atoms with Gasteiger partial charge in [-0.2, -0.15) is 0 Å². The molecular formula is C15H30N4O. The molecule has 0 aromatic heterocycles. The van der Waals surface area contributed by atoms with Crippen LogP contribution in [-0.2, 0) is 4.79 Å². The molecule has 1 heterocycles. The van der Waals surface area contributed by atoms with E-state index < -0.39 is 0 Å². The van der Waals surface area contributed by atoms with E-state index in [0.29, 0.717) is 12.0 Å². The van der Waals surface area contributed by atoms with Gasteiger partial charge in [0.25, 0.3) is 0 Å². The summed E-state index contributed by atoms with van der Waals surface area (Å²) < 4.78 is 0. The number of amides is 1. The van der Waals surface area contributed by atoms with Crippen molar-refractivity contribution in [2.75, 3.05) is 46.8 Å². The smallest absolute Gasteiger partial charge is 0.223 e. The van der Waals surface area contributed by atoms with Gasteiger partial charge >= 0.3 is 0 Å². The fourth-order valence-corrected chi connectivity index (χ4v) is 3.43. The van der Waals surface area contributed by atoms with Crippen LogP contribution < -0.4 is 11.1 Å². The summed E-state index contributed by atoms with van der Waals surface area (Å²) in [7, 11) is 4.30. The van der Waals surface area contributed by atoms with Crippen molar-refractivity contribution < 1.29 is 4.79 Å². The Morgan fingerprint density at radius 2 is 2.10 bits per heavy atom.